The number of nitrogens with one attached hydrogen (secondary N) is 2. The van der Waals surface area contributed by atoms with E-state index in [2.05, 4.69) is 14.8 Å². The molecule has 1 saturated heterocycles. The third kappa shape index (κ3) is 3.81. The fourth-order valence-corrected chi connectivity index (χ4v) is 3.62. The molecule has 0 spiro atoms. The molecule has 116 valence electrons. The van der Waals surface area contributed by atoms with Crippen molar-refractivity contribution in [2.75, 3.05) is 20.2 Å². The van der Waals surface area contributed by atoms with E-state index in [1.165, 1.54) is 19.2 Å². The van der Waals surface area contributed by atoms with Crippen molar-refractivity contribution in [1.29, 1.82) is 0 Å². The first-order chi connectivity index (χ1) is 9.94. The minimum Gasteiger partial charge on any atom is -0.465 e. The van der Waals surface area contributed by atoms with E-state index < -0.39 is 16.0 Å². The van der Waals surface area contributed by atoms with Crippen LogP contribution >= 0.6 is 0 Å². The largest absolute Gasteiger partial charge is 0.465 e. The van der Waals surface area contributed by atoms with Crippen molar-refractivity contribution in [3.8, 4) is 0 Å². The molecule has 6 nitrogen and oxygen atoms in total. The van der Waals surface area contributed by atoms with E-state index in [0.717, 1.165) is 24.9 Å². The van der Waals surface area contributed by atoms with Crippen LogP contribution in [0.4, 0.5) is 0 Å². The van der Waals surface area contributed by atoms with Crippen LogP contribution in [-0.2, 0) is 14.8 Å². The monoisotopic (exact) mass is 312 g/mol. The van der Waals surface area contributed by atoms with Crippen LogP contribution in [0.25, 0.3) is 0 Å². The molecule has 1 aromatic rings. The fraction of sp³-hybridized carbons (Fsp3) is 0.500. The highest BCUT2D eigenvalue weighted by Gasteiger charge is 2.24. The number of ether oxygens (including phenoxy) is 1. The lowest BCUT2D eigenvalue weighted by atomic mass is 10.1. The Morgan fingerprint density at radius 2 is 2.24 bits per heavy atom. The minimum absolute atomic E-state index is 0.0436. The Hall–Kier alpha value is -1.44. The predicted molar refractivity (Wildman–Crippen MR) is 78.7 cm³/mol. The normalized spacial score (nSPS) is 18.7. The first-order valence-electron chi connectivity index (χ1n) is 6.86. The Labute approximate surface area is 124 Å². The zero-order valence-electron chi connectivity index (χ0n) is 12.2. The van der Waals surface area contributed by atoms with Crippen molar-refractivity contribution >= 4 is 16.0 Å². The zero-order valence-corrected chi connectivity index (χ0v) is 13.0. The number of esters is 1. The molecule has 0 aliphatic carbocycles. The van der Waals surface area contributed by atoms with Gasteiger partial charge in [-0.1, -0.05) is 11.6 Å². The summed E-state index contributed by atoms with van der Waals surface area (Å²) in [6, 6.07) is 4.77. The van der Waals surface area contributed by atoms with Gasteiger partial charge < -0.3 is 10.1 Å². The maximum atomic E-state index is 12.4. The topological polar surface area (TPSA) is 84.5 Å². The molecular weight excluding hydrogens is 292 g/mol. The minimum atomic E-state index is -3.74. The summed E-state index contributed by atoms with van der Waals surface area (Å²) in [6.45, 7) is 3.01. The third-order valence-electron chi connectivity index (χ3n) is 3.51. The number of benzene rings is 1. The average molecular weight is 312 g/mol. The summed E-state index contributed by atoms with van der Waals surface area (Å²) in [4.78, 5) is 11.7. The van der Waals surface area contributed by atoms with Gasteiger partial charge in [0, 0.05) is 12.6 Å². The molecule has 7 heteroatoms. The first kappa shape index (κ1) is 15.9. The highest BCUT2D eigenvalue weighted by molar-refractivity contribution is 7.89. The van der Waals surface area contributed by atoms with Crippen LogP contribution < -0.4 is 10.0 Å². The van der Waals surface area contributed by atoms with Gasteiger partial charge in [0.15, 0.2) is 0 Å². The zero-order chi connectivity index (χ0) is 15.5. The SMILES string of the molecule is COC(=O)c1cc(C)ccc1S(=O)(=O)NCC1CCCN1. The summed E-state index contributed by atoms with van der Waals surface area (Å²) < 4.78 is 32.0. The van der Waals surface area contributed by atoms with E-state index in [1.54, 1.807) is 13.0 Å². The smallest absolute Gasteiger partial charge is 0.339 e. The Morgan fingerprint density at radius 1 is 1.48 bits per heavy atom. The molecule has 0 aromatic heterocycles. The molecule has 0 amide bonds. The van der Waals surface area contributed by atoms with Crippen molar-refractivity contribution in [3.63, 3.8) is 0 Å². The molecule has 1 aromatic carbocycles. The number of rotatable bonds is 5. The lowest BCUT2D eigenvalue weighted by Gasteiger charge is -2.14. The summed E-state index contributed by atoms with van der Waals surface area (Å²) >= 11 is 0. The van der Waals surface area contributed by atoms with E-state index in [0.29, 0.717) is 6.54 Å². The van der Waals surface area contributed by atoms with Gasteiger partial charge >= 0.3 is 5.97 Å². The molecule has 1 fully saturated rings. The van der Waals surface area contributed by atoms with Crippen LogP contribution in [0, 0.1) is 6.92 Å². The Balaban J connectivity index is 2.24. The second-order valence-electron chi connectivity index (χ2n) is 5.14. The summed E-state index contributed by atoms with van der Waals surface area (Å²) in [5, 5.41) is 3.22. The quantitative estimate of drug-likeness (QED) is 0.786. The maximum Gasteiger partial charge on any atom is 0.339 e. The summed E-state index contributed by atoms with van der Waals surface area (Å²) in [5.74, 6) is -0.655. The summed E-state index contributed by atoms with van der Waals surface area (Å²) in [6.07, 6.45) is 1.99. The highest BCUT2D eigenvalue weighted by atomic mass is 32.2. The predicted octanol–water partition coefficient (Wildman–Crippen LogP) is 0.812. The van der Waals surface area contributed by atoms with Gasteiger partial charge in [-0.2, -0.15) is 0 Å². The number of carbonyl (C=O) groups is 1. The lowest BCUT2D eigenvalue weighted by molar-refractivity contribution is 0.0596. The number of methoxy groups -OCH3 is 1. The van der Waals surface area contributed by atoms with E-state index in [4.69, 9.17) is 0 Å². The molecule has 0 radical (unpaired) electrons. The van der Waals surface area contributed by atoms with Crippen molar-refractivity contribution < 1.29 is 17.9 Å². The molecule has 1 aliphatic rings. The van der Waals surface area contributed by atoms with E-state index >= 15 is 0 Å². The van der Waals surface area contributed by atoms with Crippen molar-refractivity contribution in [1.82, 2.24) is 10.0 Å². The second-order valence-corrected chi connectivity index (χ2v) is 6.87. The van der Waals surface area contributed by atoms with Gasteiger partial charge in [-0.05, 0) is 38.4 Å². The number of hydrogen-bond acceptors (Lipinski definition) is 5. The van der Waals surface area contributed by atoms with Gasteiger partial charge in [-0.15, -0.1) is 0 Å². The molecule has 21 heavy (non-hydrogen) atoms. The number of sulfonamides is 1. The van der Waals surface area contributed by atoms with Crippen LogP contribution in [-0.4, -0.2) is 40.6 Å². The highest BCUT2D eigenvalue weighted by Crippen LogP contribution is 2.18. The molecule has 0 saturated carbocycles. The second kappa shape index (κ2) is 6.55. The van der Waals surface area contributed by atoms with E-state index in [9.17, 15) is 13.2 Å². The molecule has 1 atom stereocenters. The van der Waals surface area contributed by atoms with Gasteiger partial charge in [-0.3, -0.25) is 0 Å². The standard InChI is InChI=1S/C14H20N2O4S/c1-10-5-6-13(12(8-10)14(17)20-2)21(18,19)16-9-11-4-3-7-15-11/h5-6,8,11,15-16H,3-4,7,9H2,1-2H3. The number of hydrogen-bond donors (Lipinski definition) is 2. The molecule has 1 unspecified atom stereocenters. The Kier molecular flexibility index (Phi) is 4.97. The van der Waals surface area contributed by atoms with Crippen LogP contribution in [0.1, 0.15) is 28.8 Å². The van der Waals surface area contributed by atoms with Crippen molar-refractivity contribution in [2.45, 2.75) is 30.7 Å². The van der Waals surface area contributed by atoms with Crippen LogP contribution in [0.5, 0.6) is 0 Å². The number of aryl methyl sites for hydroxylation is 1. The summed E-state index contributed by atoms with van der Waals surface area (Å²) in [5.41, 5.74) is 0.858. The molecular formula is C14H20N2O4S. The Morgan fingerprint density at radius 3 is 2.86 bits per heavy atom. The van der Waals surface area contributed by atoms with Gasteiger partial charge in [-0.25, -0.2) is 17.9 Å². The van der Waals surface area contributed by atoms with Crippen LogP contribution in [0.15, 0.2) is 23.1 Å². The third-order valence-corrected chi connectivity index (χ3v) is 4.99. The van der Waals surface area contributed by atoms with Crippen LogP contribution in [0.2, 0.25) is 0 Å². The lowest BCUT2D eigenvalue weighted by Crippen LogP contribution is -2.37. The van der Waals surface area contributed by atoms with Crippen molar-refractivity contribution in [2.24, 2.45) is 0 Å². The van der Waals surface area contributed by atoms with Crippen molar-refractivity contribution in [3.05, 3.63) is 29.3 Å². The van der Waals surface area contributed by atoms with Gasteiger partial charge in [0.05, 0.1) is 17.6 Å². The molecule has 2 N–H and O–H groups in total. The van der Waals surface area contributed by atoms with Gasteiger partial charge in [0.2, 0.25) is 10.0 Å². The first-order valence-corrected chi connectivity index (χ1v) is 8.34. The fourth-order valence-electron chi connectivity index (χ4n) is 2.37. The Bertz CT molecular complexity index is 622. The summed E-state index contributed by atoms with van der Waals surface area (Å²) in [7, 11) is -2.51. The van der Waals surface area contributed by atoms with Gasteiger partial charge in [0.1, 0.15) is 0 Å². The number of carbonyl (C=O) groups excluding carboxylic acids is 1. The average Bonchev–Trinajstić information content (AvgIpc) is 2.97. The van der Waals surface area contributed by atoms with E-state index in [1.807, 2.05) is 0 Å². The molecule has 2 rings (SSSR count). The van der Waals surface area contributed by atoms with Crippen LogP contribution in [0.3, 0.4) is 0 Å². The molecule has 1 heterocycles. The molecule has 1 aliphatic heterocycles. The van der Waals surface area contributed by atoms with Gasteiger partial charge in [0.25, 0.3) is 0 Å². The maximum absolute atomic E-state index is 12.4. The molecule has 0 bridgehead atoms. The van der Waals surface area contributed by atoms with E-state index in [-0.39, 0.29) is 16.5 Å².